The Morgan fingerprint density at radius 2 is 1.66 bits per heavy atom. The summed E-state index contributed by atoms with van der Waals surface area (Å²) in [5, 5.41) is 0. The fraction of sp³-hybridized carbons (Fsp3) is 0.667. The molecule has 1 amide bonds. The van der Waals surface area contributed by atoms with Gasteiger partial charge in [-0.15, -0.1) is 0 Å². The summed E-state index contributed by atoms with van der Waals surface area (Å²) in [6, 6.07) is 9.00. The lowest BCUT2D eigenvalue weighted by atomic mass is 9.64. The maximum atomic E-state index is 13.4. The molecule has 1 saturated heterocycles. The Hall–Kier alpha value is -2.19. The van der Waals surface area contributed by atoms with Crippen LogP contribution < -0.4 is 0 Å². The van der Waals surface area contributed by atoms with Gasteiger partial charge in [-0.25, -0.2) is 0 Å². The summed E-state index contributed by atoms with van der Waals surface area (Å²) in [4.78, 5) is 40.6. The first-order valence-electron chi connectivity index (χ1n) is 12.5. The number of β-lactam (4-membered cyclic amide) rings is 1. The molecule has 0 N–H and O–H groups in total. The molecule has 1 aliphatic rings. The largest absolute Gasteiger partial charge is 0.461 e. The van der Waals surface area contributed by atoms with Gasteiger partial charge in [-0.05, 0) is 57.7 Å². The zero-order valence-electron chi connectivity index (χ0n) is 22.8. The summed E-state index contributed by atoms with van der Waals surface area (Å²) >= 11 is 0. The average molecular weight is 506 g/mol. The number of ether oxygens (including phenoxy) is 2. The van der Waals surface area contributed by atoms with Gasteiger partial charge >= 0.3 is 11.9 Å². The lowest BCUT2D eigenvalue weighted by molar-refractivity contribution is -0.184. The molecule has 35 heavy (non-hydrogen) atoms. The number of benzene rings is 1. The topological polar surface area (TPSA) is 82.1 Å². The summed E-state index contributed by atoms with van der Waals surface area (Å²) < 4.78 is 17.1. The van der Waals surface area contributed by atoms with Crippen molar-refractivity contribution in [2.45, 2.75) is 79.8 Å². The fourth-order valence-electron chi connectivity index (χ4n) is 4.47. The zero-order valence-corrected chi connectivity index (χ0v) is 23.9. The van der Waals surface area contributed by atoms with Gasteiger partial charge in [0.2, 0.25) is 5.91 Å². The van der Waals surface area contributed by atoms with Gasteiger partial charge in [-0.2, -0.15) is 0 Å². The molecule has 0 bridgehead atoms. The summed E-state index contributed by atoms with van der Waals surface area (Å²) in [5.74, 6) is -2.17. The van der Waals surface area contributed by atoms with Crippen molar-refractivity contribution >= 4 is 26.9 Å². The molecule has 2 rings (SSSR count). The minimum Gasteiger partial charge on any atom is -0.461 e. The van der Waals surface area contributed by atoms with Gasteiger partial charge in [0.1, 0.15) is 18.8 Å². The number of likely N-dealkylation sites (tertiary alicyclic amines) is 1. The molecule has 1 aliphatic heterocycles. The Morgan fingerprint density at radius 3 is 2.17 bits per heavy atom. The van der Waals surface area contributed by atoms with Crippen LogP contribution in [0, 0.1) is 23.2 Å². The molecule has 196 valence electrons. The lowest BCUT2D eigenvalue weighted by Crippen LogP contribution is -2.69. The molecule has 0 saturated carbocycles. The highest BCUT2D eigenvalue weighted by molar-refractivity contribution is 6.48. The molecule has 1 fully saturated rings. The van der Waals surface area contributed by atoms with Crippen LogP contribution in [-0.2, 0) is 34.9 Å². The number of rotatable bonds is 10. The minimum atomic E-state index is -1.31. The third-order valence-electron chi connectivity index (χ3n) is 6.28. The molecule has 8 heteroatoms. The smallest absolute Gasteiger partial charge is 0.326 e. The van der Waals surface area contributed by atoms with E-state index in [1.807, 2.05) is 30.3 Å². The van der Waals surface area contributed by atoms with Gasteiger partial charge in [0.05, 0.1) is 17.9 Å². The number of carbonyl (C=O) groups excluding carboxylic acids is 3. The molecule has 7 nitrogen and oxygen atoms in total. The van der Waals surface area contributed by atoms with Crippen LogP contribution in [0.1, 0.15) is 54.0 Å². The lowest BCUT2D eigenvalue weighted by Gasteiger charge is -2.54. The van der Waals surface area contributed by atoms with Gasteiger partial charge in [-0.1, -0.05) is 51.1 Å². The van der Waals surface area contributed by atoms with E-state index in [9.17, 15) is 14.4 Å². The van der Waals surface area contributed by atoms with E-state index in [4.69, 9.17) is 13.9 Å². The number of hydrogen-bond acceptors (Lipinski definition) is 6. The van der Waals surface area contributed by atoms with Crippen molar-refractivity contribution in [2.24, 2.45) is 23.2 Å². The van der Waals surface area contributed by atoms with E-state index in [0.717, 1.165) is 5.56 Å². The van der Waals surface area contributed by atoms with E-state index in [1.54, 1.807) is 27.7 Å². The van der Waals surface area contributed by atoms with Crippen molar-refractivity contribution in [3.63, 3.8) is 0 Å². The highest BCUT2D eigenvalue weighted by Gasteiger charge is 2.57. The van der Waals surface area contributed by atoms with Gasteiger partial charge in [0.25, 0.3) is 0 Å². The predicted octanol–water partition coefficient (Wildman–Crippen LogP) is 4.20. The van der Waals surface area contributed by atoms with Crippen LogP contribution in [0.15, 0.2) is 30.3 Å². The first-order valence-corrected chi connectivity index (χ1v) is 15.2. The Balaban J connectivity index is 2.27. The first kappa shape index (κ1) is 29.0. The van der Waals surface area contributed by atoms with Crippen LogP contribution in [0.25, 0.3) is 0 Å². The van der Waals surface area contributed by atoms with Crippen molar-refractivity contribution in [1.29, 1.82) is 0 Å². The third-order valence-corrected chi connectivity index (χ3v) is 7.14. The Kier molecular flexibility index (Phi) is 9.70. The van der Waals surface area contributed by atoms with E-state index in [-0.39, 0.29) is 30.4 Å². The fourth-order valence-corrected chi connectivity index (χ4v) is 5.06. The van der Waals surface area contributed by atoms with Crippen LogP contribution in [0.4, 0.5) is 0 Å². The molecule has 4 atom stereocenters. The van der Waals surface area contributed by atoms with Crippen LogP contribution in [0.5, 0.6) is 0 Å². The van der Waals surface area contributed by atoms with Crippen molar-refractivity contribution in [3.05, 3.63) is 35.9 Å². The Morgan fingerprint density at radius 1 is 1.06 bits per heavy atom. The maximum absolute atomic E-state index is 13.4. The molecule has 1 heterocycles. The molecular formula is C27H43NO6Si. The highest BCUT2D eigenvalue weighted by Crippen LogP contribution is 2.45. The van der Waals surface area contributed by atoms with E-state index < -0.39 is 44.5 Å². The number of hydrogen-bond donors (Lipinski definition) is 0. The van der Waals surface area contributed by atoms with Gasteiger partial charge in [0, 0.05) is 6.61 Å². The molecule has 0 aromatic heterocycles. The molecule has 1 aromatic rings. The minimum absolute atomic E-state index is 0.103. The molecule has 0 radical (unpaired) electrons. The summed E-state index contributed by atoms with van der Waals surface area (Å²) in [7, 11) is -1.31. The normalized spacial score (nSPS) is 20.3. The number of esters is 2. The number of carbonyl (C=O) groups is 3. The zero-order chi connectivity index (χ0) is 26.6. The van der Waals surface area contributed by atoms with Crippen LogP contribution in [0.3, 0.4) is 0 Å². The SMILES string of the molecule is C[C@@H](C(=O)OCc1ccccc1)[C@@H]1[C@H]([C@@H](CO[SiH](C)C)C(C)(C)C)C(=O)N1CC(=O)OC(C)(C)C. The molecule has 1 aromatic carbocycles. The quantitative estimate of drug-likeness (QED) is 0.269. The predicted molar refractivity (Wildman–Crippen MR) is 138 cm³/mol. The van der Waals surface area contributed by atoms with Crippen LogP contribution in [-0.4, -0.2) is 56.6 Å². The number of amides is 1. The number of nitrogens with zero attached hydrogens (tertiary/aromatic N) is 1. The van der Waals surface area contributed by atoms with Gasteiger partial charge in [-0.3, -0.25) is 14.4 Å². The van der Waals surface area contributed by atoms with E-state index in [1.165, 1.54) is 4.90 Å². The summed E-state index contributed by atoms with van der Waals surface area (Å²) in [6.07, 6.45) is 0. The van der Waals surface area contributed by atoms with Crippen molar-refractivity contribution < 1.29 is 28.3 Å². The van der Waals surface area contributed by atoms with Crippen LogP contribution >= 0.6 is 0 Å². The van der Waals surface area contributed by atoms with E-state index >= 15 is 0 Å². The molecule has 0 spiro atoms. The highest BCUT2D eigenvalue weighted by atomic mass is 28.3. The second kappa shape index (κ2) is 11.7. The Bertz CT molecular complexity index is 874. The van der Waals surface area contributed by atoms with Crippen molar-refractivity contribution in [2.75, 3.05) is 13.2 Å². The van der Waals surface area contributed by atoms with Gasteiger partial charge in [0.15, 0.2) is 9.04 Å². The first-order chi connectivity index (χ1) is 16.1. The maximum Gasteiger partial charge on any atom is 0.326 e. The second-order valence-corrected chi connectivity index (χ2v) is 14.2. The van der Waals surface area contributed by atoms with Gasteiger partial charge < -0.3 is 18.8 Å². The molecule has 0 aliphatic carbocycles. The van der Waals surface area contributed by atoms with E-state index in [2.05, 4.69) is 33.9 Å². The third kappa shape index (κ3) is 8.17. The standard InChI is InChI=1S/C27H43NO6Si/c1-18(25(31)32-16-19-13-11-10-12-14-19)23-22(20(26(2,3)4)17-33-35(8)9)24(30)28(23)15-21(29)34-27(5,6)7/h10-14,18,20,22-23,35H,15-17H2,1-9H3/t18-,20-,22+,23-/m1/s1. The summed E-state index contributed by atoms with van der Waals surface area (Å²) in [5.41, 5.74) is -0.0000837. The molecular weight excluding hydrogens is 462 g/mol. The van der Waals surface area contributed by atoms with Crippen molar-refractivity contribution in [3.8, 4) is 0 Å². The Labute approximate surface area is 212 Å². The average Bonchev–Trinajstić information content (AvgIpc) is 2.73. The summed E-state index contributed by atoms with van der Waals surface area (Å²) in [6.45, 7) is 18.0. The second-order valence-electron chi connectivity index (χ2n) is 11.8. The molecule has 0 unspecified atom stereocenters. The van der Waals surface area contributed by atoms with E-state index in [0.29, 0.717) is 6.61 Å². The monoisotopic (exact) mass is 505 g/mol. The van der Waals surface area contributed by atoms with Crippen molar-refractivity contribution in [1.82, 2.24) is 4.90 Å². The van der Waals surface area contributed by atoms with Crippen LogP contribution in [0.2, 0.25) is 13.1 Å².